The number of rotatable bonds is 5. The summed E-state index contributed by atoms with van der Waals surface area (Å²) < 4.78 is 11.3. The number of ketones is 1. The molecule has 4 nitrogen and oxygen atoms in total. The summed E-state index contributed by atoms with van der Waals surface area (Å²) in [7, 11) is 0. The highest BCUT2D eigenvalue weighted by Gasteiger charge is 2.25. The number of carbonyl (C=O) groups is 2. The van der Waals surface area contributed by atoms with Crippen LogP contribution in [0.4, 0.5) is 0 Å². The number of allylic oxidation sites excluding steroid dienone is 1. The molecular weight excluding hydrogens is 404 g/mol. The summed E-state index contributed by atoms with van der Waals surface area (Å²) in [6.07, 6.45) is 1.79. The second-order valence-corrected chi connectivity index (χ2v) is 7.21. The molecule has 128 valence electrons. The predicted octanol–water partition coefficient (Wildman–Crippen LogP) is 4.72. The Labute approximate surface area is 158 Å². The third-order valence-electron chi connectivity index (χ3n) is 3.48. The van der Waals surface area contributed by atoms with Gasteiger partial charge >= 0.3 is 5.97 Å². The van der Waals surface area contributed by atoms with Gasteiger partial charge in [0.15, 0.2) is 6.61 Å². The number of hydrogen-bond donors (Lipinski definition) is 0. The smallest absolute Gasteiger partial charge is 0.344 e. The van der Waals surface area contributed by atoms with Crippen LogP contribution < -0.4 is 4.74 Å². The van der Waals surface area contributed by atoms with Gasteiger partial charge in [0.2, 0.25) is 5.78 Å². The maximum Gasteiger partial charge on any atom is 0.344 e. The summed E-state index contributed by atoms with van der Waals surface area (Å²) in [5.74, 6) is 0.0905. The average molecular weight is 419 g/mol. The highest BCUT2D eigenvalue weighted by atomic mass is 79.9. The van der Waals surface area contributed by atoms with Gasteiger partial charge in [-0.3, -0.25) is 4.79 Å². The lowest BCUT2D eigenvalue weighted by molar-refractivity contribution is -0.145. The molecule has 6 heteroatoms. The van der Waals surface area contributed by atoms with E-state index in [2.05, 4.69) is 15.9 Å². The highest BCUT2D eigenvalue weighted by molar-refractivity contribution is 9.10. The lowest BCUT2D eigenvalue weighted by Gasteiger charge is -2.10. The van der Waals surface area contributed by atoms with Gasteiger partial charge in [-0.15, -0.1) is 0 Å². The van der Waals surface area contributed by atoms with Crippen LogP contribution in [0.5, 0.6) is 5.75 Å². The van der Waals surface area contributed by atoms with Gasteiger partial charge in [0, 0.05) is 20.5 Å². The van der Waals surface area contributed by atoms with Gasteiger partial charge in [0.1, 0.15) is 5.75 Å². The van der Waals surface area contributed by atoms with E-state index in [-0.39, 0.29) is 12.4 Å². The van der Waals surface area contributed by atoms with Crippen LogP contribution in [-0.2, 0) is 9.53 Å². The summed E-state index contributed by atoms with van der Waals surface area (Å²) in [6.45, 7) is 1.88. The number of Topliss-reactive ketones (excluding diaryl/α,β-unsaturated/α-hetero) is 1. The van der Waals surface area contributed by atoms with E-state index in [1.807, 2.05) is 36.4 Å². The molecule has 0 aromatic heterocycles. The molecule has 0 bridgehead atoms. The molecule has 0 atom stereocenters. The van der Waals surface area contributed by atoms with E-state index in [4.69, 9.17) is 9.47 Å². The zero-order valence-electron chi connectivity index (χ0n) is 13.5. The molecule has 0 spiro atoms. The van der Waals surface area contributed by atoms with E-state index in [1.165, 1.54) is 11.8 Å². The second-order valence-electron chi connectivity index (χ2n) is 5.21. The van der Waals surface area contributed by atoms with E-state index >= 15 is 0 Å². The predicted molar refractivity (Wildman–Crippen MR) is 101 cm³/mol. The summed E-state index contributed by atoms with van der Waals surface area (Å²) >= 11 is 4.86. The molecule has 0 saturated heterocycles. The van der Waals surface area contributed by atoms with E-state index in [0.29, 0.717) is 22.8 Å². The van der Waals surface area contributed by atoms with Gasteiger partial charge in [0.05, 0.1) is 11.5 Å². The van der Waals surface area contributed by atoms with Crippen LogP contribution in [0.3, 0.4) is 0 Å². The first-order chi connectivity index (χ1) is 12.1. The Hall–Kier alpha value is -2.05. The van der Waals surface area contributed by atoms with Gasteiger partial charge in [-0.25, -0.2) is 4.79 Å². The number of fused-ring (bicyclic) bond motifs is 1. The molecular formula is C19H15BrO4S. The third kappa shape index (κ3) is 4.14. The first-order valence-electron chi connectivity index (χ1n) is 7.69. The van der Waals surface area contributed by atoms with Crippen molar-refractivity contribution in [1.82, 2.24) is 0 Å². The molecule has 1 aliphatic rings. The molecule has 0 saturated carbocycles. The van der Waals surface area contributed by atoms with Crippen LogP contribution in [0.2, 0.25) is 0 Å². The van der Waals surface area contributed by atoms with Gasteiger partial charge in [-0.1, -0.05) is 39.8 Å². The standard InChI is InChI=1S/C19H15BrO4S/c1-2-23-18(21)11-24-15-8-7-13(20)9-12(15)10-17-19(22)14-5-3-4-6-16(14)25-17/h3-10H,2,11H2,1H3/b17-10-. The second kappa shape index (κ2) is 7.89. The topological polar surface area (TPSA) is 52.6 Å². The molecule has 0 N–H and O–H groups in total. The van der Waals surface area contributed by atoms with E-state index in [9.17, 15) is 9.59 Å². The van der Waals surface area contributed by atoms with Crippen molar-refractivity contribution in [2.24, 2.45) is 0 Å². The maximum absolute atomic E-state index is 12.5. The van der Waals surface area contributed by atoms with Crippen molar-refractivity contribution in [3.63, 3.8) is 0 Å². The number of ether oxygens (including phenoxy) is 2. The molecule has 2 aromatic carbocycles. The van der Waals surface area contributed by atoms with Gasteiger partial charge < -0.3 is 9.47 Å². The summed E-state index contributed by atoms with van der Waals surface area (Å²) in [4.78, 5) is 25.6. The van der Waals surface area contributed by atoms with Crippen LogP contribution in [0.1, 0.15) is 22.8 Å². The molecule has 3 rings (SSSR count). The molecule has 2 aromatic rings. The van der Waals surface area contributed by atoms with Crippen LogP contribution in [0.15, 0.2) is 56.7 Å². The first-order valence-corrected chi connectivity index (χ1v) is 9.30. The highest BCUT2D eigenvalue weighted by Crippen LogP contribution is 2.41. The Morgan fingerprint density at radius 1 is 1.24 bits per heavy atom. The SMILES string of the molecule is CCOC(=O)COc1ccc(Br)cc1/C=C1\Sc2ccccc2C1=O. The van der Waals surface area contributed by atoms with Crippen molar-refractivity contribution < 1.29 is 19.1 Å². The van der Waals surface area contributed by atoms with Gasteiger partial charge in [-0.2, -0.15) is 0 Å². The average Bonchev–Trinajstić information content (AvgIpc) is 2.91. The van der Waals surface area contributed by atoms with Crippen LogP contribution in [0.25, 0.3) is 6.08 Å². The largest absolute Gasteiger partial charge is 0.481 e. The van der Waals surface area contributed by atoms with Crippen LogP contribution in [0, 0.1) is 0 Å². The minimum atomic E-state index is -0.428. The van der Waals surface area contributed by atoms with Gasteiger partial charge in [-0.05, 0) is 43.3 Å². The van der Waals surface area contributed by atoms with Crippen molar-refractivity contribution in [2.75, 3.05) is 13.2 Å². The fourth-order valence-electron chi connectivity index (χ4n) is 2.38. The van der Waals surface area contributed by atoms with Crippen molar-refractivity contribution >= 4 is 45.5 Å². The Balaban J connectivity index is 1.86. The van der Waals surface area contributed by atoms with Gasteiger partial charge in [0.25, 0.3) is 0 Å². The number of carbonyl (C=O) groups excluding carboxylic acids is 2. The molecule has 1 heterocycles. The number of benzene rings is 2. The van der Waals surface area contributed by atoms with Crippen molar-refractivity contribution in [3.8, 4) is 5.75 Å². The van der Waals surface area contributed by atoms with E-state index in [1.54, 1.807) is 19.1 Å². The first kappa shape index (κ1) is 17.8. The minimum absolute atomic E-state index is 0.00285. The number of thioether (sulfide) groups is 1. The molecule has 25 heavy (non-hydrogen) atoms. The number of halogens is 1. The summed E-state index contributed by atoms with van der Waals surface area (Å²) in [5, 5.41) is 0. The Morgan fingerprint density at radius 3 is 2.80 bits per heavy atom. The van der Waals surface area contributed by atoms with E-state index < -0.39 is 5.97 Å². The normalized spacial score (nSPS) is 14.5. The Morgan fingerprint density at radius 2 is 2.04 bits per heavy atom. The van der Waals surface area contributed by atoms with Crippen molar-refractivity contribution in [3.05, 3.63) is 63.0 Å². The lowest BCUT2D eigenvalue weighted by Crippen LogP contribution is -2.15. The minimum Gasteiger partial charge on any atom is -0.481 e. The van der Waals surface area contributed by atoms with Crippen molar-refractivity contribution in [2.45, 2.75) is 11.8 Å². The zero-order valence-corrected chi connectivity index (χ0v) is 15.9. The lowest BCUT2D eigenvalue weighted by atomic mass is 10.1. The molecule has 0 fully saturated rings. The van der Waals surface area contributed by atoms with E-state index in [0.717, 1.165) is 14.9 Å². The Bertz CT molecular complexity index is 860. The van der Waals surface area contributed by atoms with Crippen LogP contribution in [-0.4, -0.2) is 25.0 Å². The summed E-state index contributed by atoms with van der Waals surface area (Å²) in [6, 6.07) is 12.9. The van der Waals surface area contributed by atoms with Crippen molar-refractivity contribution in [1.29, 1.82) is 0 Å². The number of hydrogen-bond acceptors (Lipinski definition) is 5. The van der Waals surface area contributed by atoms with Crippen LogP contribution >= 0.6 is 27.7 Å². The zero-order chi connectivity index (χ0) is 17.8. The molecule has 0 amide bonds. The monoisotopic (exact) mass is 418 g/mol. The summed E-state index contributed by atoms with van der Waals surface area (Å²) in [5.41, 5.74) is 1.44. The number of esters is 1. The molecule has 0 unspecified atom stereocenters. The molecule has 1 aliphatic heterocycles. The third-order valence-corrected chi connectivity index (χ3v) is 5.08. The molecule has 0 aliphatic carbocycles. The quantitative estimate of drug-likeness (QED) is 0.519. The molecule has 0 radical (unpaired) electrons. The maximum atomic E-state index is 12.5. The Kier molecular flexibility index (Phi) is 5.60. The fourth-order valence-corrected chi connectivity index (χ4v) is 3.80. The fraction of sp³-hybridized carbons (Fsp3) is 0.158.